The van der Waals surface area contributed by atoms with E-state index in [0.717, 1.165) is 4.88 Å². The first-order chi connectivity index (χ1) is 10.2. The van der Waals surface area contributed by atoms with Crippen molar-refractivity contribution in [2.24, 2.45) is 0 Å². The van der Waals surface area contributed by atoms with Crippen molar-refractivity contribution in [3.8, 4) is 10.7 Å². The first-order valence-corrected chi connectivity index (χ1v) is 7.34. The van der Waals surface area contributed by atoms with Gasteiger partial charge in [0.05, 0.1) is 11.5 Å². The summed E-state index contributed by atoms with van der Waals surface area (Å²) in [6.07, 6.45) is 0.450. The van der Waals surface area contributed by atoms with Crippen LogP contribution in [0.1, 0.15) is 12.1 Å². The molecular formula is C13H16N4O3S. The number of hydrogen-bond acceptors (Lipinski definition) is 6. The molecule has 112 valence electrons. The molecular weight excluding hydrogens is 292 g/mol. The van der Waals surface area contributed by atoms with E-state index in [-0.39, 0.29) is 30.0 Å². The number of thiophene rings is 1. The molecule has 0 aromatic carbocycles. The van der Waals surface area contributed by atoms with Crippen LogP contribution in [0.2, 0.25) is 0 Å². The topological polar surface area (TPSA) is 97.0 Å². The second kappa shape index (κ2) is 7.65. The summed E-state index contributed by atoms with van der Waals surface area (Å²) in [7, 11) is 1.57. The van der Waals surface area contributed by atoms with Crippen molar-refractivity contribution in [1.82, 2.24) is 20.5 Å². The minimum absolute atomic E-state index is 0.143. The summed E-state index contributed by atoms with van der Waals surface area (Å²) in [5.41, 5.74) is -0.0460. The first-order valence-electron chi connectivity index (χ1n) is 6.46. The van der Waals surface area contributed by atoms with E-state index in [9.17, 15) is 9.59 Å². The van der Waals surface area contributed by atoms with Gasteiger partial charge in [0.25, 0.3) is 5.56 Å². The normalized spacial score (nSPS) is 10.5. The Morgan fingerprint density at radius 2 is 2.33 bits per heavy atom. The van der Waals surface area contributed by atoms with Crippen LogP contribution in [-0.2, 0) is 16.0 Å². The highest BCUT2D eigenvalue weighted by Crippen LogP contribution is 2.18. The van der Waals surface area contributed by atoms with Gasteiger partial charge in [0.2, 0.25) is 5.91 Å². The number of H-pyrrole nitrogens is 1. The molecule has 7 nitrogen and oxygen atoms in total. The number of carbonyl (C=O) groups excluding carboxylic acids is 1. The lowest BCUT2D eigenvalue weighted by Crippen LogP contribution is -2.28. The molecule has 0 bridgehead atoms. The molecule has 1 amide bonds. The number of aromatic nitrogens is 3. The van der Waals surface area contributed by atoms with E-state index >= 15 is 0 Å². The summed E-state index contributed by atoms with van der Waals surface area (Å²) in [4.78, 5) is 27.0. The van der Waals surface area contributed by atoms with Gasteiger partial charge in [-0.25, -0.2) is 0 Å². The van der Waals surface area contributed by atoms with Gasteiger partial charge in [-0.3, -0.25) is 9.59 Å². The highest BCUT2D eigenvalue weighted by molar-refractivity contribution is 7.13. The van der Waals surface area contributed by atoms with E-state index in [2.05, 4.69) is 20.5 Å². The van der Waals surface area contributed by atoms with Crippen LogP contribution in [0.5, 0.6) is 0 Å². The van der Waals surface area contributed by atoms with Gasteiger partial charge in [0.1, 0.15) is 5.69 Å². The lowest BCUT2D eigenvalue weighted by atomic mass is 10.2. The van der Waals surface area contributed by atoms with Gasteiger partial charge >= 0.3 is 0 Å². The molecule has 0 aliphatic rings. The molecule has 0 unspecified atom stereocenters. The van der Waals surface area contributed by atoms with Crippen molar-refractivity contribution in [2.45, 2.75) is 12.8 Å². The van der Waals surface area contributed by atoms with Crippen LogP contribution in [0.4, 0.5) is 0 Å². The van der Waals surface area contributed by atoms with Gasteiger partial charge in [0.15, 0.2) is 5.82 Å². The second-order valence-corrected chi connectivity index (χ2v) is 5.22. The largest absolute Gasteiger partial charge is 0.383 e. The molecule has 0 saturated heterocycles. The number of ether oxygens (including phenoxy) is 1. The molecule has 2 N–H and O–H groups in total. The molecule has 0 atom stereocenters. The number of hydrogen-bond donors (Lipinski definition) is 2. The summed E-state index contributed by atoms with van der Waals surface area (Å²) in [5.74, 6) is 0.305. The Bertz CT molecular complexity index is 639. The minimum atomic E-state index is -0.307. The zero-order chi connectivity index (χ0) is 15.1. The van der Waals surface area contributed by atoms with Crippen molar-refractivity contribution in [2.75, 3.05) is 20.3 Å². The van der Waals surface area contributed by atoms with Gasteiger partial charge < -0.3 is 15.0 Å². The summed E-state index contributed by atoms with van der Waals surface area (Å²) < 4.78 is 4.83. The lowest BCUT2D eigenvalue weighted by molar-refractivity contribution is -0.121. The zero-order valence-electron chi connectivity index (χ0n) is 11.6. The maximum atomic E-state index is 11.9. The van der Waals surface area contributed by atoms with Crippen molar-refractivity contribution >= 4 is 17.2 Å². The lowest BCUT2D eigenvalue weighted by Gasteiger charge is -2.04. The maximum Gasteiger partial charge on any atom is 0.273 e. The van der Waals surface area contributed by atoms with Gasteiger partial charge in [-0.15, -0.1) is 21.5 Å². The number of nitrogens with zero attached hydrogens (tertiary/aromatic N) is 2. The standard InChI is InChI=1S/C13H16N4O3S/c1-20-7-6-14-11(18)5-4-9-13(19)15-12(17-16-9)10-3-2-8-21-10/h2-3,8H,4-7H2,1H3,(H,14,18)(H,15,17,19). The summed E-state index contributed by atoms with van der Waals surface area (Å²) in [6.45, 7) is 0.913. The third kappa shape index (κ3) is 4.47. The highest BCUT2D eigenvalue weighted by atomic mass is 32.1. The third-order valence-corrected chi connectivity index (χ3v) is 3.61. The van der Waals surface area contributed by atoms with E-state index in [1.807, 2.05) is 17.5 Å². The minimum Gasteiger partial charge on any atom is -0.383 e. The molecule has 2 aromatic rings. The summed E-state index contributed by atoms with van der Waals surface area (Å²) in [5, 5.41) is 12.5. The number of amides is 1. The van der Waals surface area contributed by atoms with Gasteiger partial charge in [-0.1, -0.05) is 6.07 Å². The molecule has 2 heterocycles. The van der Waals surface area contributed by atoms with Crippen LogP contribution in [-0.4, -0.2) is 41.3 Å². The van der Waals surface area contributed by atoms with E-state index in [4.69, 9.17) is 4.74 Å². The second-order valence-electron chi connectivity index (χ2n) is 4.27. The predicted molar refractivity (Wildman–Crippen MR) is 79.2 cm³/mol. The number of methoxy groups -OCH3 is 1. The molecule has 8 heteroatoms. The Morgan fingerprint density at radius 3 is 3.00 bits per heavy atom. The molecule has 0 saturated carbocycles. The Hall–Kier alpha value is -2.06. The Kier molecular flexibility index (Phi) is 5.59. The van der Waals surface area contributed by atoms with Crippen molar-refractivity contribution in [3.63, 3.8) is 0 Å². The molecule has 0 spiro atoms. The van der Waals surface area contributed by atoms with Crippen molar-refractivity contribution in [3.05, 3.63) is 33.6 Å². The summed E-state index contributed by atoms with van der Waals surface area (Å²) >= 11 is 1.47. The summed E-state index contributed by atoms with van der Waals surface area (Å²) in [6, 6.07) is 3.73. The van der Waals surface area contributed by atoms with Crippen LogP contribution < -0.4 is 10.9 Å². The predicted octanol–water partition coefficient (Wildman–Crippen LogP) is 0.589. The first kappa shape index (κ1) is 15.3. The number of rotatable bonds is 7. The maximum absolute atomic E-state index is 11.9. The van der Waals surface area contributed by atoms with Crippen LogP contribution in [0.25, 0.3) is 10.7 Å². The molecule has 0 aliphatic heterocycles. The van der Waals surface area contributed by atoms with Gasteiger partial charge in [-0.2, -0.15) is 0 Å². The average molecular weight is 308 g/mol. The number of aryl methyl sites for hydroxylation is 1. The van der Waals surface area contributed by atoms with Crippen LogP contribution in [0.3, 0.4) is 0 Å². The molecule has 0 radical (unpaired) electrons. The van der Waals surface area contributed by atoms with Gasteiger partial charge in [-0.05, 0) is 11.4 Å². The van der Waals surface area contributed by atoms with E-state index in [0.29, 0.717) is 19.0 Å². The zero-order valence-corrected chi connectivity index (χ0v) is 12.4. The fourth-order valence-corrected chi connectivity index (χ4v) is 2.33. The van der Waals surface area contributed by atoms with E-state index in [1.54, 1.807) is 7.11 Å². The van der Waals surface area contributed by atoms with Crippen LogP contribution in [0, 0.1) is 0 Å². The molecule has 0 aliphatic carbocycles. The smallest absolute Gasteiger partial charge is 0.273 e. The van der Waals surface area contributed by atoms with Gasteiger partial charge in [0, 0.05) is 26.5 Å². The Morgan fingerprint density at radius 1 is 1.48 bits per heavy atom. The monoisotopic (exact) mass is 308 g/mol. The third-order valence-electron chi connectivity index (χ3n) is 2.74. The van der Waals surface area contributed by atoms with Crippen LogP contribution >= 0.6 is 11.3 Å². The highest BCUT2D eigenvalue weighted by Gasteiger charge is 2.09. The van der Waals surface area contributed by atoms with Crippen molar-refractivity contribution in [1.29, 1.82) is 0 Å². The van der Waals surface area contributed by atoms with E-state index in [1.165, 1.54) is 11.3 Å². The van der Waals surface area contributed by atoms with E-state index < -0.39 is 0 Å². The fourth-order valence-electron chi connectivity index (χ4n) is 1.66. The SMILES string of the molecule is COCCNC(=O)CCc1nnc(-c2cccs2)[nH]c1=O. The Balaban J connectivity index is 1.93. The number of aromatic amines is 1. The van der Waals surface area contributed by atoms with Crippen LogP contribution in [0.15, 0.2) is 22.3 Å². The average Bonchev–Trinajstić information content (AvgIpc) is 3.00. The molecule has 2 rings (SSSR count). The molecule has 2 aromatic heterocycles. The quantitative estimate of drug-likeness (QED) is 0.730. The fraction of sp³-hybridized carbons (Fsp3) is 0.385. The number of nitrogens with one attached hydrogen (secondary N) is 2. The molecule has 0 fully saturated rings. The Labute approximate surface area is 125 Å². The van der Waals surface area contributed by atoms with Crippen molar-refractivity contribution < 1.29 is 9.53 Å². The number of carbonyl (C=O) groups is 1. The molecule has 21 heavy (non-hydrogen) atoms.